The fourth-order valence-electron chi connectivity index (χ4n) is 3.72. The first-order valence-electron chi connectivity index (χ1n) is 10.3. The molecule has 0 spiro atoms. The van der Waals surface area contributed by atoms with E-state index in [-0.39, 0.29) is 30.7 Å². The maximum Gasteiger partial charge on any atom is 0.260 e. The molecular weight excluding hydrogens is 380 g/mol. The minimum Gasteiger partial charge on any atom is -0.484 e. The van der Waals surface area contributed by atoms with Crippen molar-refractivity contribution in [1.82, 2.24) is 9.88 Å². The highest BCUT2D eigenvalue weighted by molar-refractivity contribution is 5.80. The Morgan fingerprint density at radius 2 is 2.03 bits per heavy atom. The highest BCUT2D eigenvalue weighted by atomic mass is 16.5. The van der Waals surface area contributed by atoms with Gasteiger partial charge < -0.3 is 19.4 Å². The average Bonchev–Trinajstić information content (AvgIpc) is 3.26. The van der Waals surface area contributed by atoms with Gasteiger partial charge in [0.05, 0.1) is 12.6 Å². The summed E-state index contributed by atoms with van der Waals surface area (Å²) in [6.07, 6.45) is 1.90. The van der Waals surface area contributed by atoms with Crippen molar-refractivity contribution in [2.75, 3.05) is 19.8 Å². The van der Waals surface area contributed by atoms with Gasteiger partial charge >= 0.3 is 0 Å². The Balaban J connectivity index is 1.53. The van der Waals surface area contributed by atoms with Gasteiger partial charge in [-0.1, -0.05) is 30.3 Å². The van der Waals surface area contributed by atoms with Crippen LogP contribution < -0.4 is 10.3 Å². The summed E-state index contributed by atoms with van der Waals surface area (Å²) in [5.41, 5.74) is 2.26. The number of nitrogens with one attached hydrogen (secondary N) is 1. The lowest BCUT2D eigenvalue weighted by Gasteiger charge is -2.25. The molecule has 2 aromatic carbocycles. The van der Waals surface area contributed by atoms with Crippen LogP contribution in [0.15, 0.2) is 59.4 Å². The van der Waals surface area contributed by atoms with Crippen molar-refractivity contribution in [2.24, 2.45) is 0 Å². The molecule has 3 aromatic rings. The lowest BCUT2D eigenvalue weighted by molar-refractivity contribution is -0.135. The second-order valence-corrected chi connectivity index (χ2v) is 7.73. The predicted octanol–water partition coefficient (Wildman–Crippen LogP) is 3.42. The largest absolute Gasteiger partial charge is 0.484 e. The van der Waals surface area contributed by atoms with E-state index in [9.17, 15) is 9.59 Å². The fraction of sp³-hybridized carbons (Fsp3) is 0.333. The normalized spacial score (nSPS) is 16.0. The molecule has 0 aliphatic carbocycles. The molecule has 1 atom stereocenters. The summed E-state index contributed by atoms with van der Waals surface area (Å²) in [4.78, 5) is 30.2. The maximum absolute atomic E-state index is 13.0. The van der Waals surface area contributed by atoms with Crippen molar-refractivity contribution in [3.8, 4) is 5.75 Å². The van der Waals surface area contributed by atoms with Gasteiger partial charge in [-0.3, -0.25) is 9.59 Å². The van der Waals surface area contributed by atoms with Gasteiger partial charge in [-0.2, -0.15) is 0 Å². The third-order valence-electron chi connectivity index (χ3n) is 5.35. The van der Waals surface area contributed by atoms with Gasteiger partial charge in [-0.25, -0.2) is 0 Å². The Labute approximate surface area is 175 Å². The lowest BCUT2D eigenvalue weighted by Crippen LogP contribution is -2.40. The van der Waals surface area contributed by atoms with Crippen LogP contribution in [0.2, 0.25) is 0 Å². The first kappa shape index (κ1) is 20.2. The summed E-state index contributed by atoms with van der Waals surface area (Å²) < 4.78 is 11.4. The molecule has 156 valence electrons. The van der Waals surface area contributed by atoms with Gasteiger partial charge in [0.25, 0.3) is 11.5 Å². The summed E-state index contributed by atoms with van der Waals surface area (Å²) >= 11 is 0. The number of amides is 1. The number of aromatic nitrogens is 1. The van der Waals surface area contributed by atoms with Crippen LogP contribution in [0, 0.1) is 6.92 Å². The van der Waals surface area contributed by atoms with E-state index in [1.807, 2.05) is 61.5 Å². The van der Waals surface area contributed by atoms with E-state index in [0.29, 0.717) is 24.5 Å². The number of aryl methyl sites for hydroxylation is 1. The van der Waals surface area contributed by atoms with Gasteiger partial charge in [-0.15, -0.1) is 0 Å². The van der Waals surface area contributed by atoms with Crippen molar-refractivity contribution < 1.29 is 14.3 Å². The number of aromatic amines is 1. The molecule has 6 heteroatoms. The van der Waals surface area contributed by atoms with Crippen LogP contribution in [-0.2, 0) is 16.1 Å². The molecule has 2 heterocycles. The van der Waals surface area contributed by atoms with Crippen LogP contribution in [0.5, 0.6) is 5.75 Å². The van der Waals surface area contributed by atoms with Gasteiger partial charge in [-0.05, 0) is 55.0 Å². The highest BCUT2D eigenvalue weighted by Gasteiger charge is 2.24. The Morgan fingerprint density at radius 1 is 1.20 bits per heavy atom. The number of ether oxygens (including phenoxy) is 2. The van der Waals surface area contributed by atoms with E-state index in [0.717, 1.165) is 29.3 Å². The van der Waals surface area contributed by atoms with Gasteiger partial charge in [0.15, 0.2) is 6.61 Å². The number of rotatable bonds is 7. The number of fused-ring (bicyclic) bond motifs is 1. The van der Waals surface area contributed by atoms with E-state index in [4.69, 9.17) is 9.47 Å². The lowest BCUT2D eigenvalue weighted by atomic mass is 10.1. The zero-order valence-corrected chi connectivity index (χ0v) is 17.1. The van der Waals surface area contributed by atoms with E-state index in [2.05, 4.69) is 4.98 Å². The molecule has 0 bridgehead atoms. The van der Waals surface area contributed by atoms with E-state index < -0.39 is 0 Å². The van der Waals surface area contributed by atoms with Crippen molar-refractivity contribution in [1.29, 1.82) is 0 Å². The third-order valence-corrected chi connectivity index (χ3v) is 5.35. The number of H-pyrrole nitrogens is 1. The monoisotopic (exact) mass is 406 g/mol. The molecule has 30 heavy (non-hydrogen) atoms. The maximum atomic E-state index is 13.0. The number of nitrogens with zero attached hydrogens (tertiary/aromatic N) is 1. The molecule has 4 rings (SSSR count). The Hall–Kier alpha value is -3.12. The molecule has 0 saturated carbocycles. The van der Waals surface area contributed by atoms with Crippen molar-refractivity contribution in [2.45, 2.75) is 32.4 Å². The van der Waals surface area contributed by atoms with Crippen LogP contribution in [0.25, 0.3) is 10.9 Å². The molecule has 0 radical (unpaired) electrons. The zero-order valence-electron chi connectivity index (χ0n) is 17.1. The summed E-state index contributed by atoms with van der Waals surface area (Å²) in [7, 11) is 0. The molecule has 1 saturated heterocycles. The number of benzene rings is 2. The fourth-order valence-corrected chi connectivity index (χ4v) is 3.72. The van der Waals surface area contributed by atoms with E-state index in [1.54, 1.807) is 4.90 Å². The molecule has 1 amide bonds. The number of hydrogen-bond acceptors (Lipinski definition) is 4. The summed E-state index contributed by atoms with van der Waals surface area (Å²) in [6, 6.07) is 17.0. The van der Waals surface area contributed by atoms with Crippen molar-refractivity contribution in [3.63, 3.8) is 0 Å². The molecule has 6 nitrogen and oxygen atoms in total. The molecule has 1 aromatic heterocycles. The first-order chi connectivity index (χ1) is 14.6. The number of pyridine rings is 1. The first-order valence-corrected chi connectivity index (χ1v) is 10.3. The molecular formula is C24H26N2O4. The van der Waals surface area contributed by atoms with Crippen LogP contribution in [0.3, 0.4) is 0 Å². The summed E-state index contributed by atoms with van der Waals surface area (Å²) in [5, 5.41) is 0.945. The van der Waals surface area contributed by atoms with Crippen molar-refractivity contribution >= 4 is 16.8 Å². The Bertz CT molecular complexity index is 1070. The Kier molecular flexibility index (Phi) is 6.14. The molecule has 1 N–H and O–H groups in total. The minimum atomic E-state index is -0.179. The second-order valence-electron chi connectivity index (χ2n) is 7.73. The summed E-state index contributed by atoms with van der Waals surface area (Å²) in [6.45, 7) is 3.28. The molecule has 1 unspecified atom stereocenters. The zero-order chi connectivity index (χ0) is 20.9. The Morgan fingerprint density at radius 3 is 2.80 bits per heavy atom. The quantitative estimate of drug-likeness (QED) is 0.653. The van der Waals surface area contributed by atoms with Crippen molar-refractivity contribution in [3.05, 3.63) is 76.1 Å². The predicted molar refractivity (Wildman–Crippen MR) is 116 cm³/mol. The smallest absolute Gasteiger partial charge is 0.260 e. The van der Waals surface area contributed by atoms with Gasteiger partial charge in [0.2, 0.25) is 0 Å². The third kappa shape index (κ3) is 4.89. The number of carbonyl (C=O) groups is 1. The van der Waals surface area contributed by atoms with E-state index >= 15 is 0 Å². The minimum absolute atomic E-state index is 0.00661. The molecule has 1 aliphatic rings. The molecule has 1 aliphatic heterocycles. The molecule has 1 fully saturated rings. The van der Waals surface area contributed by atoms with Crippen LogP contribution in [0.1, 0.15) is 24.0 Å². The number of carbonyl (C=O) groups excluding carboxylic acids is 1. The van der Waals surface area contributed by atoms with Crippen LogP contribution >= 0.6 is 0 Å². The van der Waals surface area contributed by atoms with Crippen LogP contribution in [0.4, 0.5) is 0 Å². The van der Waals surface area contributed by atoms with Gasteiger partial charge in [0.1, 0.15) is 5.75 Å². The standard InChI is InChI=1S/C24H26N2O4/c1-17-9-10-18-13-19(24(28)25-22(18)12-17)14-26(15-21-8-5-11-29-21)23(27)16-30-20-6-3-2-4-7-20/h2-4,6-7,9-10,12-13,21H,5,8,11,14-16H2,1H3,(H,25,28). The highest BCUT2D eigenvalue weighted by Crippen LogP contribution is 2.17. The van der Waals surface area contributed by atoms with Gasteiger partial charge in [0, 0.05) is 24.2 Å². The second kappa shape index (κ2) is 9.13. The average molecular weight is 406 g/mol. The SMILES string of the molecule is Cc1ccc2cc(CN(CC3CCCO3)C(=O)COc3ccccc3)c(=O)[nH]c2c1. The van der Waals surface area contributed by atoms with E-state index in [1.165, 1.54) is 0 Å². The number of para-hydroxylation sites is 1. The summed E-state index contributed by atoms with van der Waals surface area (Å²) in [5.74, 6) is 0.472. The topological polar surface area (TPSA) is 71.6 Å². The number of hydrogen-bond donors (Lipinski definition) is 1. The van der Waals surface area contributed by atoms with Crippen LogP contribution in [-0.4, -0.2) is 41.7 Å².